The molecule has 0 saturated carbocycles. The van der Waals surface area contributed by atoms with Gasteiger partial charge < -0.3 is 5.32 Å². The lowest BCUT2D eigenvalue weighted by atomic mass is 10.1. The van der Waals surface area contributed by atoms with Crippen molar-refractivity contribution >= 4 is 0 Å². The van der Waals surface area contributed by atoms with Gasteiger partial charge >= 0.3 is 0 Å². The van der Waals surface area contributed by atoms with Crippen molar-refractivity contribution in [2.75, 3.05) is 6.54 Å². The first-order valence-electron chi connectivity index (χ1n) is 5.45. The Kier molecular flexibility index (Phi) is 5.04. The van der Waals surface area contributed by atoms with Gasteiger partial charge in [0.2, 0.25) is 0 Å². The molecule has 1 N–H and O–H groups in total. The molecule has 1 rings (SSSR count). The van der Waals surface area contributed by atoms with Gasteiger partial charge in [0.05, 0.1) is 5.69 Å². The molecule has 1 atom stereocenters. The lowest BCUT2D eigenvalue weighted by molar-refractivity contribution is 0.507. The fourth-order valence-electron chi connectivity index (χ4n) is 1.53. The van der Waals surface area contributed by atoms with Gasteiger partial charge in [0, 0.05) is 25.7 Å². The summed E-state index contributed by atoms with van der Waals surface area (Å²) < 4.78 is 1.74. The minimum atomic E-state index is 0.430. The standard InChI is InChI=1S/C11H20N4/c1-4-6-10(12-7-5-2)8-11-9-15(3)14-13-11/h4,9-10,12H,1,5-8H2,2-3H3. The summed E-state index contributed by atoms with van der Waals surface area (Å²) in [5.41, 5.74) is 1.04. The van der Waals surface area contributed by atoms with Crippen molar-refractivity contribution in [1.82, 2.24) is 20.3 Å². The first-order valence-corrected chi connectivity index (χ1v) is 5.45. The van der Waals surface area contributed by atoms with E-state index in [2.05, 4.69) is 29.1 Å². The van der Waals surface area contributed by atoms with Gasteiger partial charge in [-0.2, -0.15) is 0 Å². The van der Waals surface area contributed by atoms with Gasteiger partial charge in [0.15, 0.2) is 0 Å². The van der Waals surface area contributed by atoms with E-state index in [4.69, 9.17) is 0 Å². The van der Waals surface area contributed by atoms with E-state index in [1.807, 2.05) is 19.3 Å². The maximum Gasteiger partial charge on any atom is 0.0842 e. The van der Waals surface area contributed by atoms with E-state index in [0.29, 0.717) is 6.04 Å². The average molecular weight is 208 g/mol. The smallest absolute Gasteiger partial charge is 0.0842 e. The quantitative estimate of drug-likeness (QED) is 0.687. The van der Waals surface area contributed by atoms with Crippen LogP contribution in [0.1, 0.15) is 25.5 Å². The number of nitrogens with one attached hydrogen (secondary N) is 1. The predicted molar refractivity (Wildman–Crippen MR) is 61.6 cm³/mol. The zero-order chi connectivity index (χ0) is 11.1. The lowest BCUT2D eigenvalue weighted by Gasteiger charge is -2.14. The molecule has 1 aromatic heterocycles. The van der Waals surface area contributed by atoms with Crippen molar-refractivity contribution < 1.29 is 0 Å². The summed E-state index contributed by atoms with van der Waals surface area (Å²) in [4.78, 5) is 0. The van der Waals surface area contributed by atoms with Crippen LogP contribution >= 0.6 is 0 Å². The van der Waals surface area contributed by atoms with Crippen molar-refractivity contribution in [2.24, 2.45) is 7.05 Å². The Hall–Kier alpha value is -1.16. The van der Waals surface area contributed by atoms with E-state index in [-0.39, 0.29) is 0 Å². The van der Waals surface area contributed by atoms with Crippen LogP contribution in [0, 0.1) is 0 Å². The molecule has 0 aliphatic carbocycles. The van der Waals surface area contributed by atoms with Gasteiger partial charge in [-0.25, -0.2) is 0 Å². The van der Waals surface area contributed by atoms with Crippen molar-refractivity contribution in [3.63, 3.8) is 0 Å². The molecule has 0 fully saturated rings. The summed E-state index contributed by atoms with van der Waals surface area (Å²) >= 11 is 0. The van der Waals surface area contributed by atoms with Gasteiger partial charge in [0.1, 0.15) is 0 Å². The first kappa shape index (κ1) is 11.9. The maximum absolute atomic E-state index is 4.08. The zero-order valence-corrected chi connectivity index (χ0v) is 9.61. The molecule has 1 aromatic rings. The molecule has 0 amide bonds. The number of rotatable bonds is 7. The molecule has 0 aliphatic rings. The number of nitrogens with zero attached hydrogens (tertiary/aromatic N) is 3. The summed E-state index contributed by atoms with van der Waals surface area (Å²) in [5.74, 6) is 0. The van der Waals surface area contributed by atoms with Crippen LogP contribution < -0.4 is 5.32 Å². The van der Waals surface area contributed by atoms with Crippen LogP contribution in [0.15, 0.2) is 18.9 Å². The third-order valence-electron chi connectivity index (χ3n) is 2.24. The number of hydrogen-bond acceptors (Lipinski definition) is 3. The monoisotopic (exact) mass is 208 g/mol. The molecule has 84 valence electrons. The molecule has 0 saturated heterocycles. The van der Waals surface area contributed by atoms with E-state index in [1.54, 1.807) is 4.68 Å². The van der Waals surface area contributed by atoms with Crippen molar-refractivity contribution in [3.05, 3.63) is 24.5 Å². The molecule has 15 heavy (non-hydrogen) atoms. The highest BCUT2D eigenvalue weighted by Crippen LogP contribution is 2.02. The first-order chi connectivity index (χ1) is 7.26. The number of hydrogen-bond donors (Lipinski definition) is 1. The zero-order valence-electron chi connectivity index (χ0n) is 9.61. The van der Waals surface area contributed by atoms with Gasteiger partial charge in [0.25, 0.3) is 0 Å². The second kappa shape index (κ2) is 6.35. The Morgan fingerprint density at radius 2 is 2.47 bits per heavy atom. The Labute approximate surface area is 91.4 Å². The Balaban J connectivity index is 2.46. The fourth-order valence-corrected chi connectivity index (χ4v) is 1.53. The van der Waals surface area contributed by atoms with E-state index in [0.717, 1.165) is 31.5 Å². The van der Waals surface area contributed by atoms with Crippen LogP contribution in [0.3, 0.4) is 0 Å². The van der Waals surface area contributed by atoms with Gasteiger partial charge in [-0.3, -0.25) is 4.68 Å². The highest BCUT2D eigenvalue weighted by Gasteiger charge is 2.09. The lowest BCUT2D eigenvalue weighted by Crippen LogP contribution is -2.31. The fraction of sp³-hybridized carbons (Fsp3) is 0.636. The van der Waals surface area contributed by atoms with Crippen molar-refractivity contribution in [2.45, 2.75) is 32.2 Å². The van der Waals surface area contributed by atoms with Crippen LogP contribution in [0.2, 0.25) is 0 Å². The number of aromatic nitrogens is 3. The third-order valence-corrected chi connectivity index (χ3v) is 2.24. The van der Waals surface area contributed by atoms with Crippen LogP contribution in [0.5, 0.6) is 0 Å². The molecule has 0 aromatic carbocycles. The molecule has 0 radical (unpaired) electrons. The number of aryl methyl sites for hydroxylation is 1. The Bertz CT molecular complexity index is 293. The summed E-state index contributed by atoms with van der Waals surface area (Å²) in [7, 11) is 1.89. The predicted octanol–water partition coefficient (Wildman–Crippen LogP) is 1.30. The van der Waals surface area contributed by atoms with E-state index < -0.39 is 0 Å². The molecule has 4 nitrogen and oxygen atoms in total. The average Bonchev–Trinajstić information content (AvgIpc) is 2.61. The topological polar surface area (TPSA) is 42.7 Å². The molecule has 4 heteroatoms. The summed E-state index contributed by atoms with van der Waals surface area (Å²) in [6.45, 7) is 6.98. The molecule has 1 unspecified atom stereocenters. The molecule has 0 bridgehead atoms. The van der Waals surface area contributed by atoms with Crippen LogP contribution in [-0.4, -0.2) is 27.6 Å². The van der Waals surface area contributed by atoms with E-state index in [1.165, 1.54) is 0 Å². The van der Waals surface area contributed by atoms with Crippen LogP contribution in [-0.2, 0) is 13.5 Å². The second-order valence-electron chi connectivity index (χ2n) is 3.76. The van der Waals surface area contributed by atoms with Gasteiger partial charge in [-0.1, -0.05) is 18.2 Å². The highest BCUT2D eigenvalue weighted by atomic mass is 15.4. The van der Waals surface area contributed by atoms with Crippen LogP contribution in [0.4, 0.5) is 0 Å². The normalized spacial score (nSPS) is 12.7. The van der Waals surface area contributed by atoms with Crippen LogP contribution in [0.25, 0.3) is 0 Å². The molecule has 0 spiro atoms. The van der Waals surface area contributed by atoms with Crippen molar-refractivity contribution in [1.29, 1.82) is 0 Å². The maximum atomic E-state index is 4.08. The SMILES string of the molecule is C=CCC(Cc1cn(C)nn1)NCCC. The largest absolute Gasteiger partial charge is 0.313 e. The summed E-state index contributed by atoms with van der Waals surface area (Å²) in [5, 5.41) is 11.5. The Morgan fingerprint density at radius 1 is 1.67 bits per heavy atom. The van der Waals surface area contributed by atoms with Gasteiger partial charge in [-0.05, 0) is 19.4 Å². The van der Waals surface area contributed by atoms with Gasteiger partial charge in [-0.15, -0.1) is 11.7 Å². The van der Waals surface area contributed by atoms with E-state index in [9.17, 15) is 0 Å². The Morgan fingerprint density at radius 3 is 3.00 bits per heavy atom. The third kappa shape index (κ3) is 4.25. The van der Waals surface area contributed by atoms with Crippen molar-refractivity contribution in [3.8, 4) is 0 Å². The molecular weight excluding hydrogens is 188 g/mol. The second-order valence-corrected chi connectivity index (χ2v) is 3.76. The highest BCUT2D eigenvalue weighted by molar-refractivity contribution is 4.97. The summed E-state index contributed by atoms with van der Waals surface area (Å²) in [6.07, 6.45) is 6.94. The molecule has 0 aliphatic heterocycles. The minimum absolute atomic E-state index is 0.430. The summed E-state index contributed by atoms with van der Waals surface area (Å²) in [6, 6.07) is 0.430. The van der Waals surface area contributed by atoms with E-state index >= 15 is 0 Å². The minimum Gasteiger partial charge on any atom is -0.313 e. The molecule has 1 heterocycles. The molecular formula is C11H20N4.